The first-order valence-corrected chi connectivity index (χ1v) is 7.67. The third-order valence-corrected chi connectivity index (χ3v) is 5.09. The lowest BCUT2D eigenvalue weighted by Gasteiger charge is -2.38. The molecule has 2 aliphatic rings. The number of ether oxygens (including phenoxy) is 1. The molecule has 5 heteroatoms. The second-order valence-electron chi connectivity index (χ2n) is 6.01. The molecule has 5 nitrogen and oxygen atoms in total. The Kier molecular flexibility index (Phi) is 5.02. The molecular formula is C15H26N2O3. The molecule has 0 radical (unpaired) electrons. The van der Waals surface area contributed by atoms with Crippen LogP contribution in [0.25, 0.3) is 0 Å². The van der Waals surface area contributed by atoms with E-state index in [0.29, 0.717) is 25.3 Å². The summed E-state index contributed by atoms with van der Waals surface area (Å²) in [6, 6.07) is 0.305. The molecule has 1 N–H and O–H groups in total. The highest BCUT2D eigenvalue weighted by atomic mass is 16.5. The summed E-state index contributed by atoms with van der Waals surface area (Å²) in [6.45, 7) is 4.68. The van der Waals surface area contributed by atoms with Crippen molar-refractivity contribution < 1.29 is 14.3 Å². The number of nitrogens with one attached hydrogen (secondary N) is 1. The first-order chi connectivity index (χ1) is 9.59. The van der Waals surface area contributed by atoms with E-state index in [1.807, 2.05) is 4.90 Å². The molecule has 1 unspecified atom stereocenters. The van der Waals surface area contributed by atoms with E-state index in [1.165, 1.54) is 0 Å². The van der Waals surface area contributed by atoms with E-state index in [4.69, 9.17) is 4.74 Å². The van der Waals surface area contributed by atoms with Gasteiger partial charge < -0.3 is 15.0 Å². The van der Waals surface area contributed by atoms with E-state index in [-0.39, 0.29) is 17.2 Å². The molecule has 2 fully saturated rings. The normalized spacial score (nSPS) is 24.9. The number of amides is 2. The van der Waals surface area contributed by atoms with Crippen LogP contribution in [0.4, 0.5) is 0 Å². The zero-order valence-corrected chi connectivity index (χ0v) is 12.6. The Hall–Kier alpha value is -1.10. The average molecular weight is 282 g/mol. The predicted octanol–water partition coefficient (Wildman–Crippen LogP) is 1.32. The minimum Gasteiger partial charge on any atom is -0.381 e. The van der Waals surface area contributed by atoms with Gasteiger partial charge in [0.25, 0.3) is 0 Å². The van der Waals surface area contributed by atoms with Crippen LogP contribution in [-0.4, -0.2) is 49.6 Å². The molecular weight excluding hydrogens is 256 g/mol. The molecule has 1 spiro atoms. The van der Waals surface area contributed by atoms with E-state index in [2.05, 4.69) is 12.2 Å². The van der Waals surface area contributed by atoms with Gasteiger partial charge in [-0.15, -0.1) is 0 Å². The average Bonchev–Trinajstić information content (AvgIpc) is 2.77. The molecule has 2 heterocycles. The Balaban J connectivity index is 1.84. The minimum atomic E-state index is 0.00756. The van der Waals surface area contributed by atoms with Gasteiger partial charge in [-0.2, -0.15) is 0 Å². The van der Waals surface area contributed by atoms with Crippen LogP contribution in [0.5, 0.6) is 0 Å². The van der Waals surface area contributed by atoms with Gasteiger partial charge in [0.1, 0.15) is 0 Å². The standard InChI is InChI=1S/C15H26N2O3/c1-12-15(7-10-20-11-8-15)6-9-17(12)14(19)5-3-4-13(18)16-2/h12H,3-11H2,1-2H3,(H,16,18). The SMILES string of the molecule is CNC(=O)CCCC(=O)N1CCC2(CCOCC2)C1C. The first-order valence-electron chi connectivity index (χ1n) is 7.67. The van der Waals surface area contributed by atoms with E-state index in [9.17, 15) is 9.59 Å². The van der Waals surface area contributed by atoms with Gasteiger partial charge >= 0.3 is 0 Å². The predicted molar refractivity (Wildman–Crippen MR) is 76.2 cm³/mol. The summed E-state index contributed by atoms with van der Waals surface area (Å²) in [5.74, 6) is 0.206. The first kappa shape index (κ1) is 15.3. The number of nitrogens with zero attached hydrogens (tertiary/aromatic N) is 1. The van der Waals surface area contributed by atoms with Crippen molar-refractivity contribution in [3.8, 4) is 0 Å². The minimum absolute atomic E-state index is 0.00756. The van der Waals surface area contributed by atoms with Gasteiger partial charge in [-0.1, -0.05) is 0 Å². The van der Waals surface area contributed by atoms with E-state index in [0.717, 1.165) is 39.0 Å². The third kappa shape index (κ3) is 3.14. The van der Waals surface area contributed by atoms with Crippen LogP contribution >= 0.6 is 0 Å². The molecule has 0 bridgehead atoms. The zero-order valence-electron chi connectivity index (χ0n) is 12.6. The van der Waals surface area contributed by atoms with Crippen LogP contribution in [0.1, 0.15) is 45.4 Å². The highest BCUT2D eigenvalue weighted by Gasteiger charge is 2.46. The summed E-state index contributed by atoms with van der Waals surface area (Å²) in [4.78, 5) is 25.5. The van der Waals surface area contributed by atoms with Crippen molar-refractivity contribution in [2.24, 2.45) is 5.41 Å². The van der Waals surface area contributed by atoms with Gasteiger partial charge in [0.2, 0.25) is 11.8 Å². The molecule has 0 aromatic rings. The lowest BCUT2D eigenvalue weighted by molar-refractivity contribution is -0.133. The van der Waals surface area contributed by atoms with Gasteiger partial charge in [0.05, 0.1) is 0 Å². The van der Waals surface area contributed by atoms with Crippen LogP contribution in [0.3, 0.4) is 0 Å². The number of rotatable bonds is 4. The maximum Gasteiger partial charge on any atom is 0.222 e. The maximum absolute atomic E-state index is 12.3. The molecule has 0 aromatic carbocycles. The second-order valence-corrected chi connectivity index (χ2v) is 6.01. The van der Waals surface area contributed by atoms with Crippen LogP contribution in [0.15, 0.2) is 0 Å². The highest BCUT2D eigenvalue weighted by molar-refractivity contribution is 5.79. The van der Waals surface area contributed by atoms with Crippen molar-refractivity contribution in [3.63, 3.8) is 0 Å². The van der Waals surface area contributed by atoms with E-state index < -0.39 is 0 Å². The largest absolute Gasteiger partial charge is 0.381 e. The van der Waals surface area contributed by atoms with Crippen molar-refractivity contribution in [2.45, 2.75) is 51.5 Å². The van der Waals surface area contributed by atoms with Crippen LogP contribution in [0, 0.1) is 5.41 Å². The Labute approximate surface area is 121 Å². The smallest absolute Gasteiger partial charge is 0.222 e. The zero-order chi connectivity index (χ0) is 14.6. The van der Waals surface area contributed by atoms with Crippen molar-refractivity contribution >= 4 is 11.8 Å². The van der Waals surface area contributed by atoms with E-state index >= 15 is 0 Å². The molecule has 2 aliphatic heterocycles. The van der Waals surface area contributed by atoms with E-state index in [1.54, 1.807) is 7.05 Å². The fourth-order valence-corrected chi connectivity index (χ4v) is 3.53. The molecule has 2 amide bonds. The lowest BCUT2D eigenvalue weighted by Crippen LogP contribution is -2.43. The van der Waals surface area contributed by atoms with Gasteiger partial charge in [0, 0.05) is 45.7 Å². The number of hydrogen-bond acceptors (Lipinski definition) is 3. The monoisotopic (exact) mass is 282 g/mol. The summed E-state index contributed by atoms with van der Waals surface area (Å²) in [7, 11) is 1.63. The number of carbonyl (C=O) groups excluding carboxylic acids is 2. The van der Waals surface area contributed by atoms with Gasteiger partial charge in [-0.3, -0.25) is 9.59 Å². The highest BCUT2D eigenvalue weighted by Crippen LogP contribution is 2.44. The topological polar surface area (TPSA) is 58.6 Å². The fraction of sp³-hybridized carbons (Fsp3) is 0.867. The number of carbonyl (C=O) groups is 2. The fourth-order valence-electron chi connectivity index (χ4n) is 3.53. The maximum atomic E-state index is 12.3. The molecule has 0 aromatic heterocycles. The number of likely N-dealkylation sites (tertiary alicyclic amines) is 1. The quantitative estimate of drug-likeness (QED) is 0.846. The molecule has 0 aliphatic carbocycles. The van der Waals surface area contributed by atoms with Crippen LogP contribution in [0.2, 0.25) is 0 Å². The molecule has 1 atom stereocenters. The summed E-state index contributed by atoms with van der Waals surface area (Å²) < 4.78 is 5.46. The number of hydrogen-bond donors (Lipinski definition) is 1. The van der Waals surface area contributed by atoms with Gasteiger partial charge in [0.15, 0.2) is 0 Å². The summed E-state index contributed by atoms with van der Waals surface area (Å²) in [5.41, 5.74) is 0.273. The third-order valence-electron chi connectivity index (χ3n) is 5.09. The van der Waals surface area contributed by atoms with Crippen LogP contribution in [-0.2, 0) is 14.3 Å². The summed E-state index contributed by atoms with van der Waals surface area (Å²) in [6.07, 6.45) is 4.77. The Morgan fingerprint density at radius 1 is 1.25 bits per heavy atom. The molecule has 20 heavy (non-hydrogen) atoms. The van der Waals surface area contributed by atoms with Gasteiger partial charge in [-0.25, -0.2) is 0 Å². The van der Waals surface area contributed by atoms with Crippen molar-refractivity contribution in [3.05, 3.63) is 0 Å². The molecule has 2 rings (SSSR count). The van der Waals surface area contributed by atoms with Crippen molar-refractivity contribution in [1.29, 1.82) is 0 Å². The molecule has 0 saturated carbocycles. The van der Waals surface area contributed by atoms with Crippen molar-refractivity contribution in [1.82, 2.24) is 10.2 Å². The molecule has 114 valence electrons. The molecule has 2 saturated heterocycles. The Morgan fingerprint density at radius 3 is 2.60 bits per heavy atom. The summed E-state index contributed by atoms with van der Waals surface area (Å²) in [5, 5.41) is 2.59. The van der Waals surface area contributed by atoms with Crippen molar-refractivity contribution in [2.75, 3.05) is 26.8 Å². The summed E-state index contributed by atoms with van der Waals surface area (Å²) >= 11 is 0. The Morgan fingerprint density at radius 2 is 1.95 bits per heavy atom. The Bertz CT molecular complexity index is 364. The lowest BCUT2D eigenvalue weighted by atomic mass is 9.74. The van der Waals surface area contributed by atoms with Crippen LogP contribution < -0.4 is 5.32 Å². The second kappa shape index (κ2) is 6.57. The van der Waals surface area contributed by atoms with Gasteiger partial charge in [-0.05, 0) is 38.0 Å².